The summed E-state index contributed by atoms with van der Waals surface area (Å²) in [6.07, 6.45) is 2.26. The zero-order valence-electron chi connectivity index (χ0n) is 16.6. The largest absolute Gasteiger partial charge is 0.455 e. The summed E-state index contributed by atoms with van der Waals surface area (Å²) in [5.74, 6) is -0.599. The summed E-state index contributed by atoms with van der Waals surface area (Å²) in [7, 11) is 1.83. The number of rotatable bonds is 13. The van der Waals surface area contributed by atoms with Crippen LogP contribution in [0.4, 0.5) is 0 Å². The molecule has 1 aliphatic heterocycles. The first-order chi connectivity index (χ1) is 12.6. The first-order valence-corrected chi connectivity index (χ1v) is 9.87. The third-order valence-corrected chi connectivity index (χ3v) is 4.31. The van der Waals surface area contributed by atoms with Gasteiger partial charge in [0.25, 0.3) is 0 Å². The minimum atomic E-state index is -0.730. The Morgan fingerprint density at radius 1 is 0.962 bits per heavy atom. The van der Waals surface area contributed by atoms with E-state index in [9.17, 15) is 9.59 Å². The van der Waals surface area contributed by atoms with E-state index in [1.54, 1.807) is 0 Å². The van der Waals surface area contributed by atoms with Gasteiger partial charge in [-0.25, -0.2) is 0 Å². The second-order valence-electron chi connectivity index (χ2n) is 6.54. The van der Waals surface area contributed by atoms with Gasteiger partial charge in [0.2, 0.25) is 0 Å². The highest BCUT2D eigenvalue weighted by Crippen LogP contribution is 2.30. The van der Waals surface area contributed by atoms with Crippen molar-refractivity contribution in [2.45, 2.75) is 90.3 Å². The summed E-state index contributed by atoms with van der Waals surface area (Å²) in [6.45, 7) is 7.04. The van der Waals surface area contributed by atoms with E-state index in [1.807, 2.05) is 27.8 Å². The van der Waals surface area contributed by atoms with Crippen molar-refractivity contribution in [2.24, 2.45) is 0 Å². The normalized spacial score (nSPS) is 25.2. The van der Waals surface area contributed by atoms with Gasteiger partial charge in [-0.15, -0.1) is 0 Å². The average Bonchev–Trinajstić information content (AvgIpc) is 2.95. The molecule has 1 unspecified atom stereocenters. The summed E-state index contributed by atoms with van der Waals surface area (Å²) in [5.41, 5.74) is 0. The fraction of sp³-hybridized carbons (Fsp3) is 0.895. The average molecular weight is 373 g/mol. The zero-order valence-corrected chi connectivity index (χ0v) is 16.6. The maximum Gasteiger partial charge on any atom is 0.306 e. The van der Waals surface area contributed by atoms with E-state index in [2.05, 4.69) is 5.32 Å². The van der Waals surface area contributed by atoms with Crippen LogP contribution in [0, 0.1) is 0 Å². The second kappa shape index (κ2) is 13.1. The third kappa shape index (κ3) is 7.60. The Kier molecular flexibility index (Phi) is 11.5. The number of unbranched alkanes of at least 4 members (excludes halogenated alkanes) is 2. The Balaban J connectivity index is 2.80. The van der Waals surface area contributed by atoms with Crippen molar-refractivity contribution in [3.63, 3.8) is 0 Å². The molecule has 0 aromatic heterocycles. The van der Waals surface area contributed by atoms with E-state index in [1.165, 1.54) is 0 Å². The molecule has 4 atom stereocenters. The molecule has 7 nitrogen and oxygen atoms in total. The summed E-state index contributed by atoms with van der Waals surface area (Å²) < 4.78 is 22.9. The van der Waals surface area contributed by atoms with Gasteiger partial charge in [0, 0.05) is 19.4 Å². The molecule has 0 aliphatic carbocycles. The van der Waals surface area contributed by atoms with Crippen molar-refractivity contribution >= 4 is 11.9 Å². The van der Waals surface area contributed by atoms with Crippen molar-refractivity contribution in [1.82, 2.24) is 5.32 Å². The number of likely N-dealkylation sites (N-methyl/N-ethyl adjacent to an activating group) is 1. The number of hydrogen-bond donors (Lipinski definition) is 1. The minimum absolute atomic E-state index is 0.288. The van der Waals surface area contributed by atoms with Crippen molar-refractivity contribution in [2.75, 3.05) is 20.2 Å². The number of nitrogens with one attached hydrogen (secondary N) is 1. The van der Waals surface area contributed by atoms with Crippen LogP contribution >= 0.6 is 0 Å². The fourth-order valence-electron chi connectivity index (χ4n) is 2.76. The number of carbonyl (C=O) groups excluding carboxylic acids is 2. The Morgan fingerprint density at radius 2 is 1.54 bits per heavy atom. The molecule has 0 saturated carbocycles. The predicted octanol–water partition coefficient (Wildman–Crippen LogP) is 2.56. The second-order valence-corrected chi connectivity index (χ2v) is 6.54. The number of carbonyl (C=O) groups is 2. The van der Waals surface area contributed by atoms with Crippen LogP contribution in [-0.4, -0.2) is 56.7 Å². The standard InChI is InChI=1S/C19H35NO6/c1-5-8-10-15(21)25-17-14(7-3)24-19(23-13-12-20-4)18(17)26-16(22)11-9-6-2/h14,17-20H,5-13H2,1-4H3/t14?,17-,18-,19-/m1/s1. The maximum atomic E-state index is 12.1. The van der Waals surface area contributed by atoms with Crippen LogP contribution < -0.4 is 5.32 Å². The van der Waals surface area contributed by atoms with E-state index >= 15 is 0 Å². The van der Waals surface area contributed by atoms with Crippen LogP contribution in [-0.2, 0) is 28.5 Å². The molecule has 0 bridgehead atoms. The molecule has 0 amide bonds. The van der Waals surface area contributed by atoms with E-state index in [0.717, 1.165) is 25.7 Å². The van der Waals surface area contributed by atoms with Gasteiger partial charge >= 0.3 is 11.9 Å². The van der Waals surface area contributed by atoms with Gasteiger partial charge in [0.15, 0.2) is 18.5 Å². The summed E-state index contributed by atoms with van der Waals surface area (Å²) in [6, 6.07) is 0. The lowest BCUT2D eigenvalue weighted by Gasteiger charge is -2.24. The molecule has 0 radical (unpaired) electrons. The topological polar surface area (TPSA) is 83.1 Å². The van der Waals surface area contributed by atoms with Gasteiger partial charge < -0.3 is 24.3 Å². The quantitative estimate of drug-likeness (QED) is 0.392. The fourth-order valence-corrected chi connectivity index (χ4v) is 2.76. The smallest absolute Gasteiger partial charge is 0.306 e. The molecule has 7 heteroatoms. The molecule has 1 rings (SSSR count). The zero-order chi connectivity index (χ0) is 19.4. The van der Waals surface area contributed by atoms with E-state index in [4.69, 9.17) is 18.9 Å². The summed E-state index contributed by atoms with van der Waals surface area (Å²) in [5, 5.41) is 2.99. The molecule has 1 fully saturated rings. The molecule has 0 aromatic rings. The summed E-state index contributed by atoms with van der Waals surface area (Å²) >= 11 is 0. The SMILES string of the molecule is CCCCC(=O)O[C@H]1[C@H](OCCNC)OC(CC)[C@H]1OC(=O)CCCC. The van der Waals surface area contributed by atoms with E-state index < -0.39 is 18.5 Å². The monoisotopic (exact) mass is 373 g/mol. The van der Waals surface area contributed by atoms with Gasteiger partial charge in [-0.2, -0.15) is 0 Å². The third-order valence-electron chi connectivity index (χ3n) is 4.31. The predicted molar refractivity (Wildman–Crippen MR) is 97.6 cm³/mol. The minimum Gasteiger partial charge on any atom is -0.455 e. The highest BCUT2D eigenvalue weighted by Gasteiger charge is 2.49. The summed E-state index contributed by atoms with van der Waals surface area (Å²) in [4.78, 5) is 24.3. The number of ether oxygens (including phenoxy) is 4. The van der Waals surface area contributed by atoms with Gasteiger partial charge in [-0.1, -0.05) is 33.6 Å². The van der Waals surface area contributed by atoms with Gasteiger partial charge in [-0.05, 0) is 26.3 Å². The van der Waals surface area contributed by atoms with Gasteiger partial charge in [-0.3, -0.25) is 9.59 Å². The molecule has 152 valence electrons. The van der Waals surface area contributed by atoms with Gasteiger partial charge in [0.05, 0.1) is 6.61 Å². The van der Waals surface area contributed by atoms with Crippen LogP contribution in [0.25, 0.3) is 0 Å². The van der Waals surface area contributed by atoms with Crippen molar-refractivity contribution in [3.05, 3.63) is 0 Å². The van der Waals surface area contributed by atoms with E-state index in [-0.39, 0.29) is 18.0 Å². The first-order valence-electron chi connectivity index (χ1n) is 9.87. The number of esters is 2. The molecular weight excluding hydrogens is 338 g/mol. The lowest BCUT2D eigenvalue weighted by molar-refractivity contribution is -0.189. The lowest BCUT2D eigenvalue weighted by Crippen LogP contribution is -2.41. The molecule has 1 N–H and O–H groups in total. The Hall–Kier alpha value is -1.18. The maximum absolute atomic E-state index is 12.1. The van der Waals surface area contributed by atoms with Crippen LogP contribution in [0.2, 0.25) is 0 Å². The highest BCUT2D eigenvalue weighted by atomic mass is 16.7. The Bertz CT molecular complexity index is 417. The molecule has 1 saturated heterocycles. The van der Waals surface area contributed by atoms with Crippen LogP contribution in [0.3, 0.4) is 0 Å². The van der Waals surface area contributed by atoms with Crippen molar-refractivity contribution in [3.8, 4) is 0 Å². The molecule has 0 spiro atoms. The van der Waals surface area contributed by atoms with Crippen LogP contribution in [0.15, 0.2) is 0 Å². The van der Waals surface area contributed by atoms with Crippen molar-refractivity contribution < 1.29 is 28.5 Å². The first kappa shape index (κ1) is 22.9. The lowest BCUT2D eigenvalue weighted by atomic mass is 10.1. The molecular formula is C19H35NO6. The Morgan fingerprint density at radius 3 is 2.04 bits per heavy atom. The van der Waals surface area contributed by atoms with Crippen LogP contribution in [0.5, 0.6) is 0 Å². The molecule has 1 aliphatic rings. The highest BCUT2D eigenvalue weighted by molar-refractivity contribution is 5.70. The Labute approximate surface area is 157 Å². The molecule has 0 aromatic carbocycles. The van der Waals surface area contributed by atoms with Crippen molar-refractivity contribution in [1.29, 1.82) is 0 Å². The van der Waals surface area contributed by atoms with E-state index in [0.29, 0.717) is 32.4 Å². The molecule has 26 heavy (non-hydrogen) atoms. The van der Waals surface area contributed by atoms with Crippen LogP contribution in [0.1, 0.15) is 65.7 Å². The number of hydrogen-bond acceptors (Lipinski definition) is 7. The van der Waals surface area contributed by atoms with Gasteiger partial charge in [0.1, 0.15) is 6.10 Å². The molecule has 1 heterocycles.